The number of alkyl halides is 1. The fraction of sp³-hybridized carbons (Fsp3) is 0.769. The third kappa shape index (κ3) is 3.15. The zero-order valence-electron chi connectivity index (χ0n) is 10.5. The van der Waals surface area contributed by atoms with E-state index in [1.165, 1.54) is 25.7 Å². The molecule has 2 rings (SSSR count). The lowest BCUT2D eigenvalue weighted by Crippen LogP contribution is -2.28. The second-order valence-corrected chi connectivity index (χ2v) is 5.19. The highest BCUT2D eigenvalue weighted by molar-refractivity contribution is 6.18. The Bertz CT molecular complexity index is 337. The van der Waals surface area contributed by atoms with Crippen molar-refractivity contribution in [3.8, 4) is 0 Å². The molecule has 3 nitrogen and oxygen atoms in total. The fourth-order valence-corrected chi connectivity index (χ4v) is 3.12. The Morgan fingerprint density at radius 3 is 2.88 bits per heavy atom. The predicted molar refractivity (Wildman–Crippen MR) is 72.6 cm³/mol. The van der Waals surface area contributed by atoms with E-state index in [1.807, 2.05) is 12.4 Å². The van der Waals surface area contributed by atoms with Crippen molar-refractivity contribution < 1.29 is 0 Å². The van der Waals surface area contributed by atoms with Crippen LogP contribution in [0, 0.1) is 11.8 Å². The smallest absolute Gasteiger partial charge is 0.202 e. The van der Waals surface area contributed by atoms with Crippen LogP contribution in [0.2, 0.25) is 0 Å². The molecule has 1 aliphatic carbocycles. The molecule has 2 atom stereocenters. The van der Waals surface area contributed by atoms with Gasteiger partial charge in [-0.3, -0.25) is 0 Å². The third-order valence-electron chi connectivity index (χ3n) is 3.84. The minimum Gasteiger partial charge on any atom is -0.355 e. The summed E-state index contributed by atoms with van der Waals surface area (Å²) in [5, 5.41) is 3.47. The van der Waals surface area contributed by atoms with E-state index in [-0.39, 0.29) is 0 Å². The molecule has 0 bridgehead atoms. The molecular formula is C13H22ClN3. The Morgan fingerprint density at radius 2 is 2.18 bits per heavy atom. The van der Waals surface area contributed by atoms with E-state index in [0.717, 1.165) is 24.9 Å². The van der Waals surface area contributed by atoms with Gasteiger partial charge in [-0.25, -0.2) is 4.98 Å². The molecule has 1 aliphatic rings. The normalized spacial score (nSPS) is 24.8. The van der Waals surface area contributed by atoms with Gasteiger partial charge >= 0.3 is 0 Å². The highest BCUT2D eigenvalue weighted by atomic mass is 35.5. The Hall–Kier alpha value is -0.700. The number of imidazole rings is 1. The molecule has 1 N–H and O–H groups in total. The summed E-state index contributed by atoms with van der Waals surface area (Å²) in [5.41, 5.74) is 0. The highest BCUT2D eigenvalue weighted by Gasteiger charge is 2.24. The van der Waals surface area contributed by atoms with E-state index in [4.69, 9.17) is 11.6 Å². The number of halogens is 1. The Balaban J connectivity index is 1.88. The van der Waals surface area contributed by atoms with Crippen LogP contribution in [0.5, 0.6) is 0 Å². The average molecular weight is 256 g/mol. The molecular weight excluding hydrogens is 234 g/mol. The van der Waals surface area contributed by atoms with Gasteiger partial charge in [-0.2, -0.15) is 0 Å². The second kappa shape index (κ2) is 6.29. The van der Waals surface area contributed by atoms with Gasteiger partial charge in [0.25, 0.3) is 0 Å². The number of nitrogens with one attached hydrogen (secondary N) is 1. The van der Waals surface area contributed by atoms with Crippen LogP contribution in [0.3, 0.4) is 0 Å². The molecule has 1 saturated carbocycles. The molecule has 4 heteroatoms. The van der Waals surface area contributed by atoms with Crippen LogP contribution < -0.4 is 5.32 Å². The SMILES string of the molecule is CCn1ccnc1NCC1CCCCC1CCl. The van der Waals surface area contributed by atoms with Crippen molar-refractivity contribution in [2.75, 3.05) is 17.7 Å². The van der Waals surface area contributed by atoms with Gasteiger partial charge in [0, 0.05) is 31.4 Å². The van der Waals surface area contributed by atoms with Crippen molar-refractivity contribution >= 4 is 17.5 Å². The molecule has 1 heterocycles. The second-order valence-electron chi connectivity index (χ2n) is 4.88. The minimum absolute atomic E-state index is 0.683. The molecule has 96 valence electrons. The lowest BCUT2D eigenvalue weighted by Gasteiger charge is -2.30. The van der Waals surface area contributed by atoms with Crippen molar-refractivity contribution in [2.45, 2.75) is 39.2 Å². The number of rotatable bonds is 5. The van der Waals surface area contributed by atoms with Crippen molar-refractivity contribution in [1.29, 1.82) is 0 Å². The summed E-state index contributed by atoms with van der Waals surface area (Å²) >= 11 is 6.05. The summed E-state index contributed by atoms with van der Waals surface area (Å²) in [6.07, 6.45) is 9.16. The first-order valence-electron chi connectivity index (χ1n) is 6.66. The number of nitrogens with zero attached hydrogens (tertiary/aromatic N) is 2. The summed E-state index contributed by atoms with van der Waals surface area (Å²) in [4.78, 5) is 4.34. The Morgan fingerprint density at radius 1 is 1.41 bits per heavy atom. The number of aryl methyl sites for hydroxylation is 1. The van der Waals surface area contributed by atoms with Gasteiger partial charge in [-0.05, 0) is 31.6 Å². The molecule has 0 aromatic carbocycles. The van der Waals surface area contributed by atoms with E-state index in [1.54, 1.807) is 0 Å². The molecule has 1 fully saturated rings. The van der Waals surface area contributed by atoms with Gasteiger partial charge < -0.3 is 9.88 Å². The standard InChI is InChI=1S/C13H22ClN3/c1-2-17-8-7-15-13(17)16-10-12-6-4-3-5-11(12)9-14/h7-8,11-12H,2-6,9-10H2,1H3,(H,15,16). The molecule has 0 aliphatic heterocycles. The first-order chi connectivity index (χ1) is 8.35. The Kier molecular flexibility index (Phi) is 4.72. The maximum atomic E-state index is 6.05. The predicted octanol–water partition coefficient (Wildman–Crippen LogP) is 3.36. The maximum Gasteiger partial charge on any atom is 0.202 e. The van der Waals surface area contributed by atoms with E-state index in [9.17, 15) is 0 Å². The van der Waals surface area contributed by atoms with Crippen molar-refractivity contribution in [2.24, 2.45) is 11.8 Å². The molecule has 0 spiro atoms. The first-order valence-corrected chi connectivity index (χ1v) is 7.19. The lowest BCUT2D eigenvalue weighted by atomic mass is 9.80. The number of hydrogen-bond acceptors (Lipinski definition) is 2. The highest BCUT2D eigenvalue weighted by Crippen LogP contribution is 2.30. The molecule has 0 radical (unpaired) electrons. The molecule has 1 aromatic heterocycles. The lowest BCUT2D eigenvalue weighted by molar-refractivity contribution is 0.271. The average Bonchev–Trinajstić information content (AvgIpc) is 2.84. The summed E-state index contributed by atoms with van der Waals surface area (Å²) in [5.74, 6) is 3.19. The van der Waals surface area contributed by atoms with Crippen LogP contribution in [-0.4, -0.2) is 22.0 Å². The van der Waals surface area contributed by atoms with Gasteiger partial charge in [0.1, 0.15) is 0 Å². The van der Waals surface area contributed by atoms with Gasteiger partial charge in [-0.15, -0.1) is 11.6 Å². The first kappa shape index (κ1) is 12.7. The van der Waals surface area contributed by atoms with Crippen LogP contribution in [0.1, 0.15) is 32.6 Å². The van der Waals surface area contributed by atoms with E-state index in [2.05, 4.69) is 21.8 Å². The van der Waals surface area contributed by atoms with E-state index >= 15 is 0 Å². The quantitative estimate of drug-likeness (QED) is 0.818. The van der Waals surface area contributed by atoms with Gasteiger partial charge in [0.05, 0.1) is 0 Å². The van der Waals surface area contributed by atoms with Crippen LogP contribution >= 0.6 is 11.6 Å². The largest absolute Gasteiger partial charge is 0.355 e. The van der Waals surface area contributed by atoms with Crippen LogP contribution in [-0.2, 0) is 6.54 Å². The number of aromatic nitrogens is 2. The minimum atomic E-state index is 0.683. The maximum absolute atomic E-state index is 6.05. The molecule has 0 amide bonds. The van der Waals surface area contributed by atoms with Crippen molar-refractivity contribution in [3.63, 3.8) is 0 Å². The van der Waals surface area contributed by atoms with E-state index in [0.29, 0.717) is 11.8 Å². The number of hydrogen-bond donors (Lipinski definition) is 1. The van der Waals surface area contributed by atoms with Gasteiger partial charge in [-0.1, -0.05) is 12.8 Å². The van der Waals surface area contributed by atoms with Crippen LogP contribution in [0.15, 0.2) is 12.4 Å². The van der Waals surface area contributed by atoms with Crippen LogP contribution in [0.25, 0.3) is 0 Å². The summed E-state index contributed by atoms with van der Waals surface area (Å²) in [6, 6.07) is 0. The zero-order valence-corrected chi connectivity index (χ0v) is 11.3. The Labute approximate surface area is 109 Å². The third-order valence-corrected chi connectivity index (χ3v) is 4.24. The van der Waals surface area contributed by atoms with Crippen molar-refractivity contribution in [3.05, 3.63) is 12.4 Å². The molecule has 2 unspecified atom stereocenters. The summed E-state index contributed by atoms with van der Waals surface area (Å²) in [6.45, 7) is 4.11. The number of anilines is 1. The topological polar surface area (TPSA) is 29.9 Å². The fourth-order valence-electron chi connectivity index (χ4n) is 2.71. The molecule has 17 heavy (non-hydrogen) atoms. The van der Waals surface area contributed by atoms with Crippen molar-refractivity contribution in [1.82, 2.24) is 9.55 Å². The van der Waals surface area contributed by atoms with E-state index < -0.39 is 0 Å². The monoisotopic (exact) mass is 255 g/mol. The summed E-state index contributed by atoms with van der Waals surface area (Å²) in [7, 11) is 0. The van der Waals surface area contributed by atoms with Crippen LogP contribution in [0.4, 0.5) is 5.95 Å². The molecule has 1 aromatic rings. The zero-order chi connectivity index (χ0) is 12.1. The summed E-state index contributed by atoms with van der Waals surface area (Å²) < 4.78 is 2.14. The van der Waals surface area contributed by atoms with Gasteiger partial charge in [0.2, 0.25) is 5.95 Å². The van der Waals surface area contributed by atoms with Gasteiger partial charge in [0.15, 0.2) is 0 Å². The molecule has 0 saturated heterocycles.